The van der Waals surface area contributed by atoms with E-state index in [2.05, 4.69) is 116 Å². The summed E-state index contributed by atoms with van der Waals surface area (Å²) in [7, 11) is -2.31. The predicted octanol–water partition coefficient (Wildman–Crippen LogP) is 7.49. The molecule has 27 heavy (non-hydrogen) atoms. The molecule has 0 amide bonds. The van der Waals surface area contributed by atoms with E-state index < -0.39 is 8.40 Å². The van der Waals surface area contributed by atoms with Crippen LogP contribution in [-0.2, 0) is 0 Å². The summed E-state index contributed by atoms with van der Waals surface area (Å²) >= 11 is 0. The summed E-state index contributed by atoms with van der Waals surface area (Å²) in [4.78, 5) is 8.28. The molecule has 0 radical (unpaired) electrons. The molecule has 2 nitrogen and oxygen atoms in total. The summed E-state index contributed by atoms with van der Waals surface area (Å²) in [5.41, 5.74) is 7.81. The molecule has 2 rings (SSSR count). The second-order valence-corrected chi connectivity index (χ2v) is 15.0. The van der Waals surface area contributed by atoms with Gasteiger partial charge >= 0.3 is 0 Å². The Balaban J connectivity index is 2.72. The van der Waals surface area contributed by atoms with Gasteiger partial charge in [0, 0.05) is 11.4 Å². The smallest absolute Gasteiger partial charge is 0.270 e. The maximum absolute atomic E-state index is 4.14. The first-order valence-corrected chi connectivity index (χ1v) is 12.0. The molecule has 0 spiro atoms. The van der Waals surface area contributed by atoms with E-state index in [0.717, 1.165) is 0 Å². The van der Waals surface area contributed by atoms with Crippen LogP contribution in [0.5, 0.6) is 0 Å². The molecule has 2 aromatic carbocycles. The molecule has 0 unspecified atom stereocenters. The van der Waals surface area contributed by atoms with Crippen molar-refractivity contribution in [3.63, 3.8) is 0 Å². The highest BCUT2D eigenvalue weighted by atomic mass is 28.3. The molecule has 148 valence electrons. The Morgan fingerprint density at radius 2 is 0.815 bits per heavy atom. The number of hydrogen-bond donors (Lipinski definition) is 2. The summed E-state index contributed by atoms with van der Waals surface area (Å²) < 4.78 is 0. The normalized spacial score (nSPS) is 12.8. The highest BCUT2D eigenvalue weighted by Crippen LogP contribution is 2.52. The molecule has 0 atom stereocenters. The van der Waals surface area contributed by atoms with E-state index in [-0.39, 0.29) is 10.1 Å². The lowest BCUT2D eigenvalue weighted by Crippen LogP contribution is -2.65. The van der Waals surface area contributed by atoms with Crippen LogP contribution in [0.15, 0.2) is 36.4 Å². The van der Waals surface area contributed by atoms with Crippen LogP contribution in [0, 0.1) is 27.7 Å². The Morgan fingerprint density at radius 1 is 0.556 bits per heavy atom. The Bertz CT molecular complexity index is 700. The molecular formula is C24H38N2Si. The fourth-order valence-corrected chi connectivity index (χ4v) is 9.66. The van der Waals surface area contributed by atoms with Gasteiger partial charge < -0.3 is 9.96 Å². The third-order valence-electron chi connectivity index (χ3n) is 5.84. The number of nitrogens with one attached hydrogen (secondary N) is 2. The van der Waals surface area contributed by atoms with E-state index in [4.69, 9.17) is 0 Å². The van der Waals surface area contributed by atoms with Gasteiger partial charge in [0.2, 0.25) is 0 Å². The second-order valence-electron chi connectivity index (χ2n) is 10.0. The SMILES string of the molecule is Cc1cccc(C)c1N[Si](Nc1c(C)cccc1C)(C(C)(C)C)C(C)(C)C. The Morgan fingerprint density at radius 3 is 1.04 bits per heavy atom. The Labute approximate surface area is 168 Å². The van der Waals surface area contributed by atoms with E-state index in [1.54, 1.807) is 0 Å². The zero-order valence-corrected chi connectivity index (χ0v) is 20.0. The zero-order chi connectivity index (χ0) is 20.6. The summed E-state index contributed by atoms with van der Waals surface area (Å²) in [5, 5.41) is 0.184. The van der Waals surface area contributed by atoms with Gasteiger partial charge in [-0.3, -0.25) is 0 Å². The third kappa shape index (κ3) is 4.08. The van der Waals surface area contributed by atoms with Crippen molar-refractivity contribution < 1.29 is 0 Å². The minimum atomic E-state index is -2.31. The minimum Gasteiger partial charge on any atom is -0.393 e. The van der Waals surface area contributed by atoms with Gasteiger partial charge in [-0.1, -0.05) is 77.9 Å². The first-order chi connectivity index (χ1) is 12.3. The molecule has 2 aromatic rings. The van der Waals surface area contributed by atoms with Gasteiger partial charge in [-0.05, 0) is 60.0 Å². The van der Waals surface area contributed by atoms with Crippen molar-refractivity contribution >= 4 is 19.8 Å². The molecule has 0 aliphatic rings. The second kappa shape index (κ2) is 7.35. The van der Waals surface area contributed by atoms with Gasteiger partial charge in [-0.25, -0.2) is 0 Å². The monoisotopic (exact) mass is 382 g/mol. The maximum Gasteiger partial charge on any atom is 0.270 e. The average molecular weight is 383 g/mol. The number of para-hydroxylation sites is 2. The summed E-state index contributed by atoms with van der Waals surface area (Å²) in [6.07, 6.45) is 0. The van der Waals surface area contributed by atoms with Crippen LogP contribution >= 0.6 is 0 Å². The topological polar surface area (TPSA) is 24.1 Å². The van der Waals surface area contributed by atoms with Crippen molar-refractivity contribution in [1.29, 1.82) is 0 Å². The molecule has 0 aliphatic carbocycles. The van der Waals surface area contributed by atoms with Crippen molar-refractivity contribution in [2.24, 2.45) is 0 Å². The number of benzene rings is 2. The van der Waals surface area contributed by atoms with Crippen LogP contribution in [0.3, 0.4) is 0 Å². The lowest BCUT2D eigenvalue weighted by Gasteiger charge is -2.53. The quantitative estimate of drug-likeness (QED) is 0.535. The number of rotatable bonds is 4. The Kier molecular flexibility index (Phi) is 5.87. The zero-order valence-electron chi connectivity index (χ0n) is 19.0. The molecule has 0 bridgehead atoms. The van der Waals surface area contributed by atoms with Crippen LogP contribution < -0.4 is 9.96 Å². The largest absolute Gasteiger partial charge is 0.393 e. The van der Waals surface area contributed by atoms with Gasteiger partial charge in [0.25, 0.3) is 8.40 Å². The standard InChI is InChI=1S/C24H38N2Si/c1-17-13-11-14-18(2)21(17)25-27(23(5,6)7,24(8,9)10)26-22-19(3)15-12-16-20(22)4/h11-16,25-26H,1-10H3. The molecule has 3 heteroatoms. The summed E-state index contributed by atoms with van der Waals surface area (Å²) in [5.74, 6) is 0. The average Bonchev–Trinajstić information content (AvgIpc) is 2.50. The number of aryl methyl sites for hydroxylation is 4. The molecule has 0 saturated heterocycles. The van der Waals surface area contributed by atoms with E-state index in [9.17, 15) is 0 Å². The fourth-order valence-electron chi connectivity index (χ4n) is 4.30. The Hall–Kier alpha value is -1.74. The molecule has 0 heterocycles. The van der Waals surface area contributed by atoms with Crippen LogP contribution in [0.4, 0.5) is 11.4 Å². The van der Waals surface area contributed by atoms with Gasteiger partial charge in [-0.15, -0.1) is 0 Å². The fraction of sp³-hybridized carbons (Fsp3) is 0.500. The molecule has 2 N–H and O–H groups in total. The lowest BCUT2D eigenvalue weighted by molar-refractivity contribution is 0.620. The number of hydrogen-bond acceptors (Lipinski definition) is 2. The van der Waals surface area contributed by atoms with E-state index >= 15 is 0 Å². The van der Waals surface area contributed by atoms with Gasteiger partial charge in [0.05, 0.1) is 0 Å². The number of anilines is 2. The van der Waals surface area contributed by atoms with E-state index in [1.807, 2.05) is 0 Å². The summed E-state index contributed by atoms with van der Waals surface area (Å²) in [6.45, 7) is 23.1. The first kappa shape index (κ1) is 21.6. The highest BCUT2D eigenvalue weighted by Gasteiger charge is 2.55. The summed E-state index contributed by atoms with van der Waals surface area (Å²) in [6, 6.07) is 13.1. The van der Waals surface area contributed by atoms with Crippen molar-refractivity contribution in [2.45, 2.75) is 79.3 Å². The third-order valence-corrected chi connectivity index (χ3v) is 11.6. The minimum absolute atomic E-state index is 0.0920. The lowest BCUT2D eigenvalue weighted by atomic mass is 10.1. The molecule has 0 aliphatic heterocycles. The van der Waals surface area contributed by atoms with Crippen LogP contribution in [0.1, 0.15) is 63.8 Å². The molecular weight excluding hydrogens is 344 g/mol. The van der Waals surface area contributed by atoms with Crippen LogP contribution in [-0.4, -0.2) is 8.40 Å². The van der Waals surface area contributed by atoms with Gasteiger partial charge in [0.15, 0.2) is 0 Å². The van der Waals surface area contributed by atoms with Gasteiger partial charge in [-0.2, -0.15) is 0 Å². The van der Waals surface area contributed by atoms with Crippen molar-refractivity contribution in [1.82, 2.24) is 0 Å². The van der Waals surface area contributed by atoms with Gasteiger partial charge in [0.1, 0.15) is 0 Å². The first-order valence-electron chi connectivity index (χ1n) is 9.99. The highest BCUT2D eigenvalue weighted by molar-refractivity contribution is 6.90. The van der Waals surface area contributed by atoms with Crippen molar-refractivity contribution in [2.75, 3.05) is 9.96 Å². The van der Waals surface area contributed by atoms with E-state index in [1.165, 1.54) is 33.6 Å². The predicted molar refractivity (Wildman–Crippen MR) is 124 cm³/mol. The molecule has 0 aromatic heterocycles. The maximum atomic E-state index is 4.14. The van der Waals surface area contributed by atoms with Crippen LogP contribution in [0.25, 0.3) is 0 Å². The van der Waals surface area contributed by atoms with Crippen molar-refractivity contribution in [3.05, 3.63) is 58.7 Å². The van der Waals surface area contributed by atoms with Crippen molar-refractivity contribution in [3.8, 4) is 0 Å². The molecule has 0 saturated carbocycles. The molecule has 0 fully saturated rings. The van der Waals surface area contributed by atoms with E-state index in [0.29, 0.717) is 0 Å². The van der Waals surface area contributed by atoms with Crippen LogP contribution in [0.2, 0.25) is 10.1 Å².